The van der Waals surface area contributed by atoms with Crippen molar-refractivity contribution in [1.82, 2.24) is 4.57 Å². The van der Waals surface area contributed by atoms with Crippen LogP contribution in [0, 0.1) is 0 Å². The number of benzene rings is 9. The number of aromatic nitrogens is 1. The van der Waals surface area contributed by atoms with Crippen LogP contribution < -0.4 is 4.90 Å². The molecular formula is C55H34N2. The first kappa shape index (κ1) is 30.9. The van der Waals surface area contributed by atoms with Crippen molar-refractivity contribution in [3.8, 4) is 50.2 Å². The Hall–Kier alpha value is -7.42. The lowest BCUT2D eigenvalue weighted by Gasteiger charge is -2.28. The summed E-state index contributed by atoms with van der Waals surface area (Å²) < 4.78 is 2.38. The van der Waals surface area contributed by atoms with Gasteiger partial charge in [-0.15, -0.1) is 0 Å². The lowest BCUT2D eigenvalue weighted by atomic mass is 9.73. The first-order valence-electron chi connectivity index (χ1n) is 19.9. The second kappa shape index (κ2) is 11.3. The van der Waals surface area contributed by atoms with Crippen LogP contribution in [0.4, 0.5) is 17.1 Å². The van der Waals surface area contributed by atoms with E-state index in [2.05, 4.69) is 216 Å². The summed E-state index contributed by atoms with van der Waals surface area (Å²) in [5.74, 6) is 0. The SMILES string of the molecule is c1ccc(N(c2ccc(-c3ccc4c(c3)C35c6ccccc6-c6cccc(c63)-c3cccc-4c35)cc2)c2ccc3c(c2)c2ccccc2n3-c2ccccc2)cc1. The molecule has 0 saturated heterocycles. The van der Waals surface area contributed by atoms with Gasteiger partial charge in [-0.1, -0.05) is 140 Å². The quantitative estimate of drug-likeness (QED) is 0.172. The first-order chi connectivity index (χ1) is 28.3. The van der Waals surface area contributed by atoms with Gasteiger partial charge in [0, 0.05) is 33.5 Å². The highest BCUT2D eigenvalue weighted by Crippen LogP contribution is 2.70. The molecule has 0 amide bonds. The molecule has 0 fully saturated rings. The Labute approximate surface area is 331 Å². The molecule has 57 heavy (non-hydrogen) atoms. The summed E-state index contributed by atoms with van der Waals surface area (Å²) in [7, 11) is 0. The predicted octanol–water partition coefficient (Wildman–Crippen LogP) is 14.2. The van der Waals surface area contributed by atoms with E-state index in [-0.39, 0.29) is 5.41 Å². The van der Waals surface area contributed by atoms with Crippen LogP contribution in [0.5, 0.6) is 0 Å². The fraction of sp³-hybridized carbons (Fsp3) is 0.0182. The van der Waals surface area contributed by atoms with Gasteiger partial charge in [-0.05, 0) is 133 Å². The first-order valence-corrected chi connectivity index (χ1v) is 19.9. The van der Waals surface area contributed by atoms with E-state index in [1.165, 1.54) is 88.6 Å². The second-order valence-electron chi connectivity index (χ2n) is 15.6. The maximum Gasteiger partial charge on any atom is 0.0737 e. The van der Waals surface area contributed by atoms with Crippen molar-refractivity contribution in [1.29, 1.82) is 0 Å². The molecule has 3 aliphatic carbocycles. The van der Waals surface area contributed by atoms with Gasteiger partial charge in [0.1, 0.15) is 0 Å². The maximum absolute atomic E-state index is 2.49. The number of hydrogen-bond acceptors (Lipinski definition) is 1. The minimum Gasteiger partial charge on any atom is -0.310 e. The van der Waals surface area contributed by atoms with Crippen molar-refractivity contribution < 1.29 is 0 Å². The van der Waals surface area contributed by atoms with E-state index in [1.54, 1.807) is 0 Å². The molecule has 1 heterocycles. The molecule has 1 spiro atoms. The van der Waals surface area contributed by atoms with Crippen molar-refractivity contribution in [2.45, 2.75) is 5.41 Å². The predicted molar refractivity (Wildman–Crippen MR) is 236 cm³/mol. The van der Waals surface area contributed by atoms with E-state index in [0.29, 0.717) is 0 Å². The summed E-state index contributed by atoms with van der Waals surface area (Å²) in [5.41, 5.74) is 23.0. The van der Waals surface area contributed by atoms with E-state index in [4.69, 9.17) is 0 Å². The van der Waals surface area contributed by atoms with Crippen molar-refractivity contribution in [2.24, 2.45) is 0 Å². The Morgan fingerprint density at radius 1 is 0.333 bits per heavy atom. The third kappa shape index (κ3) is 3.99. The number of hydrogen-bond donors (Lipinski definition) is 0. The van der Waals surface area contributed by atoms with Gasteiger partial charge in [-0.2, -0.15) is 0 Å². The molecule has 3 aliphatic rings. The highest BCUT2D eigenvalue weighted by Gasteiger charge is 2.57. The van der Waals surface area contributed by atoms with Crippen LogP contribution in [-0.4, -0.2) is 4.57 Å². The van der Waals surface area contributed by atoms with Crippen LogP contribution >= 0.6 is 0 Å². The van der Waals surface area contributed by atoms with E-state index < -0.39 is 0 Å². The third-order valence-corrected chi connectivity index (χ3v) is 12.9. The summed E-state index contributed by atoms with van der Waals surface area (Å²) in [5, 5.41) is 2.48. The van der Waals surface area contributed by atoms with Crippen molar-refractivity contribution >= 4 is 38.9 Å². The maximum atomic E-state index is 2.49. The molecule has 2 nitrogen and oxygen atoms in total. The molecular weight excluding hydrogens is 689 g/mol. The normalized spacial score (nSPS) is 15.1. The van der Waals surface area contributed by atoms with Crippen molar-refractivity contribution in [3.05, 3.63) is 229 Å². The smallest absolute Gasteiger partial charge is 0.0737 e. The highest BCUT2D eigenvalue weighted by molar-refractivity contribution is 6.11. The van der Waals surface area contributed by atoms with E-state index in [0.717, 1.165) is 22.7 Å². The molecule has 10 aromatic rings. The average Bonchev–Trinajstić information content (AvgIpc) is 3.98. The molecule has 0 N–H and O–H groups in total. The molecule has 13 rings (SSSR count). The van der Waals surface area contributed by atoms with E-state index >= 15 is 0 Å². The Morgan fingerprint density at radius 2 is 0.877 bits per heavy atom. The van der Waals surface area contributed by atoms with Crippen LogP contribution in [-0.2, 0) is 5.41 Å². The summed E-state index contributed by atoms with van der Waals surface area (Å²) in [6.07, 6.45) is 0. The standard InChI is InChI=1S/C55H34N2/c1-3-13-37(14-4-1)56(40-30-32-52-48(34-40)43-18-8-10-24-51(43)57(52)38-15-5-2-6-16-38)39-28-25-35(26-29-39)36-27-31-42-45-20-12-22-47-46-21-11-19-44-41-17-7-9-23-49(41)55(53(44)46,54(45)47)50(42)33-36/h1-34H. The molecule has 1 unspecified atom stereocenters. The summed E-state index contributed by atoms with van der Waals surface area (Å²) in [6.45, 7) is 0. The molecule has 0 saturated carbocycles. The molecule has 9 aromatic carbocycles. The fourth-order valence-electron chi connectivity index (χ4n) is 10.7. The minimum atomic E-state index is -0.286. The van der Waals surface area contributed by atoms with Crippen molar-refractivity contribution in [3.63, 3.8) is 0 Å². The van der Waals surface area contributed by atoms with Crippen LogP contribution in [0.15, 0.2) is 206 Å². The van der Waals surface area contributed by atoms with Gasteiger partial charge >= 0.3 is 0 Å². The molecule has 0 aliphatic heterocycles. The lowest BCUT2D eigenvalue weighted by molar-refractivity contribution is 0.818. The van der Waals surface area contributed by atoms with Gasteiger partial charge in [-0.3, -0.25) is 0 Å². The number of fused-ring (bicyclic) bond motifs is 8. The Kier molecular flexibility index (Phi) is 6.13. The Balaban J connectivity index is 0.949. The molecule has 264 valence electrons. The fourth-order valence-corrected chi connectivity index (χ4v) is 10.7. The van der Waals surface area contributed by atoms with Gasteiger partial charge in [0.25, 0.3) is 0 Å². The van der Waals surface area contributed by atoms with Crippen LogP contribution in [0.25, 0.3) is 72.0 Å². The van der Waals surface area contributed by atoms with Gasteiger partial charge in [0.2, 0.25) is 0 Å². The minimum absolute atomic E-state index is 0.286. The number of rotatable bonds is 5. The van der Waals surface area contributed by atoms with Crippen molar-refractivity contribution in [2.75, 3.05) is 4.90 Å². The summed E-state index contributed by atoms with van der Waals surface area (Å²) in [6, 6.07) is 76.3. The molecule has 0 radical (unpaired) electrons. The Bertz CT molecular complexity index is 3250. The second-order valence-corrected chi connectivity index (χ2v) is 15.6. The number of para-hydroxylation sites is 3. The molecule has 2 heteroatoms. The Morgan fingerprint density at radius 3 is 1.63 bits per heavy atom. The number of anilines is 3. The molecule has 0 bridgehead atoms. The van der Waals surface area contributed by atoms with Gasteiger partial charge in [0.15, 0.2) is 0 Å². The summed E-state index contributed by atoms with van der Waals surface area (Å²) in [4.78, 5) is 2.38. The average molecular weight is 723 g/mol. The van der Waals surface area contributed by atoms with Gasteiger partial charge in [-0.25, -0.2) is 0 Å². The summed E-state index contributed by atoms with van der Waals surface area (Å²) >= 11 is 0. The van der Waals surface area contributed by atoms with Crippen LogP contribution in [0.2, 0.25) is 0 Å². The van der Waals surface area contributed by atoms with E-state index in [9.17, 15) is 0 Å². The zero-order chi connectivity index (χ0) is 37.2. The monoisotopic (exact) mass is 722 g/mol. The zero-order valence-corrected chi connectivity index (χ0v) is 31.0. The van der Waals surface area contributed by atoms with Gasteiger partial charge in [0.05, 0.1) is 16.4 Å². The highest BCUT2D eigenvalue weighted by atomic mass is 15.1. The molecule has 1 aromatic heterocycles. The third-order valence-electron chi connectivity index (χ3n) is 12.9. The zero-order valence-electron chi connectivity index (χ0n) is 31.0. The van der Waals surface area contributed by atoms with Crippen LogP contribution in [0.1, 0.15) is 22.3 Å². The lowest BCUT2D eigenvalue weighted by Crippen LogP contribution is -2.23. The number of nitrogens with zero attached hydrogens (tertiary/aromatic N) is 2. The van der Waals surface area contributed by atoms with Crippen LogP contribution in [0.3, 0.4) is 0 Å². The molecule has 1 atom stereocenters. The van der Waals surface area contributed by atoms with Gasteiger partial charge < -0.3 is 9.47 Å². The largest absolute Gasteiger partial charge is 0.310 e. The topological polar surface area (TPSA) is 8.17 Å². The van der Waals surface area contributed by atoms with E-state index in [1.807, 2.05) is 0 Å².